The third-order valence-electron chi connectivity index (χ3n) is 4.95. The van der Waals surface area contributed by atoms with E-state index in [1.807, 2.05) is 0 Å². The number of esters is 3. The molecule has 0 saturated heterocycles. The third-order valence-corrected chi connectivity index (χ3v) is 4.95. The maximum absolute atomic E-state index is 12.6. The third kappa shape index (κ3) is 14.4. The molecule has 30 heavy (non-hydrogen) atoms. The molecule has 0 aromatic carbocycles. The standard InChI is InChI=1S/C23H42O7/c1-5-7-9-11-14-28-21(25)17-20(23(27)29-15-12-10-8-6-2)19(4)22(26)30-16-13-18(3)24/h18-20,24H,5-17H2,1-4H3. The zero-order valence-electron chi connectivity index (χ0n) is 19.3. The van der Waals surface area contributed by atoms with Crippen LogP contribution < -0.4 is 0 Å². The van der Waals surface area contributed by atoms with Gasteiger partial charge < -0.3 is 19.3 Å². The van der Waals surface area contributed by atoms with E-state index in [0.29, 0.717) is 13.0 Å². The molecule has 7 heteroatoms. The molecule has 0 heterocycles. The van der Waals surface area contributed by atoms with Crippen molar-refractivity contribution in [3.63, 3.8) is 0 Å². The lowest BCUT2D eigenvalue weighted by Crippen LogP contribution is -2.33. The molecule has 0 aliphatic carbocycles. The highest BCUT2D eigenvalue weighted by Gasteiger charge is 2.35. The first-order chi connectivity index (χ1) is 14.3. The molecular weight excluding hydrogens is 388 g/mol. The van der Waals surface area contributed by atoms with Crippen molar-refractivity contribution >= 4 is 17.9 Å². The van der Waals surface area contributed by atoms with Gasteiger partial charge in [0.1, 0.15) is 0 Å². The van der Waals surface area contributed by atoms with Crippen LogP contribution >= 0.6 is 0 Å². The van der Waals surface area contributed by atoms with Crippen molar-refractivity contribution in [3.05, 3.63) is 0 Å². The number of aliphatic hydroxyl groups excluding tert-OH is 1. The summed E-state index contributed by atoms with van der Waals surface area (Å²) in [5.74, 6) is -3.45. The molecule has 0 aliphatic rings. The predicted octanol–water partition coefficient (Wildman–Crippen LogP) is 4.19. The zero-order valence-corrected chi connectivity index (χ0v) is 19.3. The van der Waals surface area contributed by atoms with Crippen LogP contribution in [0.2, 0.25) is 0 Å². The minimum atomic E-state index is -0.946. The first-order valence-corrected chi connectivity index (χ1v) is 11.5. The van der Waals surface area contributed by atoms with E-state index in [-0.39, 0.29) is 19.6 Å². The van der Waals surface area contributed by atoms with Gasteiger partial charge in [-0.25, -0.2) is 0 Å². The Bertz CT molecular complexity index is 476. The predicted molar refractivity (Wildman–Crippen MR) is 115 cm³/mol. The number of hydrogen-bond acceptors (Lipinski definition) is 7. The number of rotatable bonds is 18. The molecule has 0 bridgehead atoms. The van der Waals surface area contributed by atoms with Gasteiger partial charge in [0.05, 0.1) is 44.2 Å². The summed E-state index contributed by atoms with van der Waals surface area (Å²) in [6.45, 7) is 8.00. The van der Waals surface area contributed by atoms with Crippen LogP contribution in [0.3, 0.4) is 0 Å². The van der Waals surface area contributed by atoms with Crippen molar-refractivity contribution in [1.29, 1.82) is 0 Å². The molecular formula is C23H42O7. The van der Waals surface area contributed by atoms with E-state index in [1.54, 1.807) is 13.8 Å². The van der Waals surface area contributed by atoms with E-state index in [4.69, 9.17) is 14.2 Å². The molecule has 1 N–H and O–H groups in total. The molecule has 0 spiro atoms. The summed E-state index contributed by atoms with van der Waals surface area (Å²) in [5.41, 5.74) is 0. The Hall–Kier alpha value is -1.63. The Morgan fingerprint density at radius 3 is 1.80 bits per heavy atom. The molecule has 0 saturated carbocycles. The number of aliphatic hydroxyl groups is 1. The van der Waals surface area contributed by atoms with E-state index in [9.17, 15) is 19.5 Å². The second kappa shape index (κ2) is 18.2. The van der Waals surface area contributed by atoms with Crippen LogP contribution in [0, 0.1) is 11.8 Å². The summed E-state index contributed by atoms with van der Waals surface area (Å²) in [7, 11) is 0. The van der Waals surface area contributed by atoms with Gasteiger partial charge in [-0.2, -0.15) is 0 Å². The number of carbonyl (C=O) groups excluding carboxylic acids is 3. The lowest BCUT2D eigenvalue weighted by atomic mass is 9.91. The molecule has 0 radical (unpaired) electrons. The van der Waals surface area contributed by atoms with E-state index in [0.717, 1.165) is 51.4 Å². The molecule has 3 unspecified atom stereocenters. The van der Waals surface area contributed by atoms with Crippen molar-refractivity contribution in [2.24, 2.45) is 11.8 Å². The van der Waals surface area contributed by atoms with E-state index < -0.39 is 35.8 Å². The summed E-state index contributed by atoms with van der Waals surface area (Å²) >= 11 is 0. The highest BCUT2D eigenvalue weighted by Crippen LogP contribution is 2.21. The minimum absolute atomic E-state index is 0.0570. The Morgan fingerprint density at radius 1 is 0.733 bits per heavy atom. The van der Waals surface area contributed by atoms with Crippen molar-refractivity contribution in [2.45, 2.75) is 98.0 Å². The van der Waals surface area contributed by atoms with Crippen molar-refractivity contribution < 1.29 is 33.7 Å². The van der Waals surface area contributed by atoms with Crippen LogP contribution in [0.5, 0.6) is 0 Å². The molecule has 7 nitrogen and oxygen atoms in total. The minimum Gasteiger partial charge on any atom is -0.466 e. The number of carbonyl (C=O) groups is 3. The topological polar surface area (TPSA) is 99.1 Å². The Morgan fingerprint density at radius 2 is 1.27 bits per heavy atom. The molecule has 0 fully saturated rings. The second-order valence-corrected chi connectivity index (χ2v) is 7.91. The molecule has 0 amide bonds. The molecule has 0 rings (SSSR count). The molecule has 0 aliphatic heterocycles. The van der Waals surface area contributed by atoms with Crippen LogP contribution in [0.15, 0.2) is 0 Å². The van der Waals surface area contributed by atoms with Crippen molar-refractivity contribution in [3.8, 4) is 0 Å². The van der Waals surface area contributed by atoms with Gasteiger partial charge in [0.25, 0.3) is 0 Å². The fourth-order valence-electron chi connectivity index (χ4n) is 2.85. The van der Waals surface area contributed by atoms with Gasteiger partial charge in [-0.05, 0) is 19.8 Å². The maximum atomic E-state index is 12.6. The smallest absolute Gasteiger partial charge is 0.310 e. The van der Waals surface area contributed by atoms with Crippen LogP contribution in [-0.4, -0.2) is 48.9 Å². The zero-order chi connectivity index (χ0) is 22.8. The molecule has 0 aromatic heterocycles. The number of ether oxygens (including phenoxy) is 3. The van der Waals surface area contributed by atoms with Gasteiger partial charge >= 0.3 is 17.9 Å². The van der Waals surface area contributed by atoms with Gasteiger partial charge in [-0.15, -0.1) is 0 Å². The molecule has 176 valence electrons. The highest BCUT2D eigenvalue weighted by atomic mass is 16.5. The fourth-order valence-corrected chi connectivity index (χ4v) is 2.85. The van der Waals surface area contributed by atoms with E-state index >= 15 is 0 Å². The SMILES string of the molecule is CCCCCCOC(=O)CC(C(=O)OCCCCCC)C(C)C(=O)OCCC(C)O. The second-order valence-electron chi connectivity index (χ2n) is 7.91. The first kappa shape index (κ1) is 28.4. The number of hydrogen-bond donors (Lipinski definition) is 1. The van der Waals surface area contributed by atoms with Crippen LogP contribution in [0.1, 0.15) is 91.9 Å². The van der Waals surface area contributed by atoms with Gasteiger partial charge in [-0.1, -0.05) is 59.3 Å². The van der Waals surface area contributed by atoms with Gasteiger partial charge in [0, 0.05) is 6.42 Å². The lowest BCUT2D eigenvalue weighted by molar-refractivity contribution is -0.164. The van der Waals surface area contributed by atoms with Gasteiger partial charge in [-0.3, -0.25) is 14.4 Å². The highest BCUT2D eigenvalue weighted by molar-refractivity contribution is 5.85. The van der Waals surface area contributed by atoms with Crippen molar-refractivity contribution in [1.82, 2.24) is 0 Å². The monoisotopic (exact) mass is 430 g/mol. The summed E-state index contributed by atoms with van der Waals surface area (Å²) in [5, 5.41) is 9.29. The quantitative estimate of drug-likeness (QED) is 0.198. The van der Waals surface area contributed by atoms with E-state index in [2.05, 4.69) is 13.8 Å². The Labute approximate surface area is 181 Å². The van der Waals surface area contributed by atoms with Crippen LogP contribution in [0.25, 0.3) is 0 Å². The van der Waals surface area contributed by atoms with Crippen LogP contribution in [0.4, 0.5) is 0 Å². The normalized spacial score (nSPS) is 13.9. The molecule has 0 aromatic rings. The average Bonchev–Trinajstić information content (AvgIpc) is 2.70. The van der Waals surface area contributed by atoms with Gasteiger partial charge in [0.15, 0.2) is 0 Å². The largest absolute Gasteiger partial charge is 0.466 e. The summed E-state index contributed by atoms with van der Waals surface area (Å²) in [6, 6.07) is 0. The van der Waals surface area contributed by atoms with Gasteiger partial charge in [0.2, 0.25) is 0 Å². The lowest BCUT2D eigenvalue weighted by Gasteiger charge is -2.21. The number of unbranched alkanes of at least 4 members (excludes halogenated alkanes) is 6. The maximum Gasteiger partial charge on any atom is 0.310 e. The van der Waals surface area contributed by atoms with E-state index in [1.165, 1.54) is 0 Å². The fraction of sp³-hybridized carbons (Fsp3) is 0.870. The average molecular weight is 431 g/mol. The summed E-state index contributed by atoms with van der Waals surface area (Å²) in [4.78, 5) is 37.1. The molecule has 3 atom stereocenters. The Balaban J connectivity index is 4.74. The first-order valence-electron chi connectivity index (χ1n) is 11.5. The van der Waals surface area contributed by atoms with Crippen LogP contribution in [-0.2, 0) is 28.6 Å². The summed E-state index contributed by atoms with van der Waals surface area (Å²) < 4.78 is 15.7. The summed E-state index contributed by atoms with van der Waals surface area (Å²) in [6.07, 6.45) is 7.31. The van der Waals surface area contributed by atoms with Crippen molar-refractivity contribution in [2.75, 3.05) is 19.8 Å². The Kier molecular flexibility index (Phi) is 17.2.